The fourth-order valence-corrected chi connectivity index (χ4v) is 3.08. The predicted molar refractivity (Wildman–Crippen MR) is 126 cm³/mol. The highest BCUT2D eigenvalue weighted by molar-refractivity contribution is 5.75. The highest BCUT2D eigenvalue weighted by Gasteiger charge is 2.05. The lowest BCUT2D eigenvalue weighted by molar-refractivity contribution is -0.121. The van der Waals surface area contributed by atoms with Crippen LogP contribution in [0, 0.1) is 0 Å². The molecule has 0 spiro atoms. The second-order valence-electron chi connectivity index (χ2n) is 7.43. The number of benzene rings is 1. The lowest BCUT2D eigenvalue weighted by Crippen LogP contribution is -2.22. The normalized spacial score (nSPS) is 11.7. The van der Waals surface area contributed by atoms with Gasteiger partial charge in [-0.1, -0.05) is 68.2 Å². The highest BCUT2D eigenvalue weighted by atomic mass is 16.5. The monoisotopic (exact) mass is 413 g/mol. The molecule has 1 aromatic rings. The van der Waals surface area contributed by atoms with E-state index in [4.69, 9.17) is 4.74 Å². The molecule has 0 saturated heterocycles. The Morgan fingerprint density at radius 1 is 0.967 bits per heavy atom. The number of nitrogens with one attached hydrogen (secondary N) is 1. The number of ether oxygens (including phenoxy) is 1. The molecule has 0 bridgehead atoms. The first-order valence-electron chi connectivity index (χ1n) is 11.2. The molecular formula is C26H39NO3. The number of rotatable bonds is 16. The Labute approximate surface area is 182 Å². The number of phenols is 1. The molecule has 0 aromatic heterocycles. The number of amides is 1. The van der Waals surface area contributed by atoms with Crippen LogP contribution in [0.4, 0.5) is 0 Å². The molecule has 0 radical (unpaired) electrons. The zero-order valence-corrected chi connectivity index (χ0v) is 18.7. The van der Waals surface area contributed by atoms with Gasteiger partial charge < -0.3 is 15.2 Å². The third-order valence-electron chi connectivity index (χ3n) is 4.87. The maximum absolute atomic E-state index is 12.0. The topological polar surface area (TPSA) is 58.6 Å². The van der Waals surface area contributed by atoms with Crippen molar-refractivity contribution in [3.8, 4) is 11.5 Å². The summed E-state index contributed by atoms with van der Waals surface area (Å²) in [5.41, 5.74) is 0.914. The van der Waals surface area contributed by atoms with E-state index in [1.165, 1.54) is 32.8 Å². The molecule has 4 nitrogen and oxygen atoms in total. The zero-order chi connectivity index (χ0) is 21.9. The molecular weight excluding hydrogens is 374 g/mol. The summed E-state index contributed by atoms with van der Waals surface area (Å²) in [4.78, 5) is 12.0. The van der Waals surface area contributed by atoms with Crippen LogP contribution in [0.5, 0.6) is 11.5 Å². The van der Waals surface area contributed by atoms with Crippen LogP contribution in [0.15, 0.2) is 54.7 Å². The molecule has 1 aromatic carbocycles. The smallest absolute Gasteiger partial charge is 0.220 e. The average molecular weight is 414 g/mol. The molecule has 1 amide bonds. The van der Waals surface area contributed by atoms with Gasteiger partial charge in [-0.15, -0.1) is 0 Å². The Morgan fingerprint density at radius 2 is 1.63 bits per heavy atom. The molecule has 0 aliphatic heterocycles. The Morgan fingerprint density at radius 3 is 2.37 bits per heavy atom. The molecule has 0 atom stereocenters. The zero-order valence-electron chi connectivity index (χ0n) is 18.7. The predicted octanol–water partition coefficient (Wildman–Crippen LogP) is 6.61. The number of hydrogen-bond acceptors (Lipinski definition) is 3. The van der Waals surface area contributed by atoms with Gasteiger partial charge in [0.15, 0.2) is 11.5 Å². The van der Waals surface area contributed by atoms with Crippen molar-refractivity contribution in [1.29, 1.82) is 0 Å². The maximum Gasteiger partial charge on any atom is 0.220 e. The number of carbonyl (C=O) groups excluding carboxylic acids is 1. The maximum atomic E-state index is 12.0. The van der Waals surface area contributed by atoms with Crippen molar-refractivity contribution in [3.05, 3.63) is 60.2 Å². The van der Waals surface area contributed by atoms with Gasteiger partial charge in [-0.2, -0.15) is 0 Å². The van der Waals surface area contributed by atoms with E-state index in [1.54, 1.807) is 18.2 Å². The summed E-state index contributed by atoms with van der Waals surface area (Å²) in [6, 6.07) is 5.11. The molecule has 0 unspecified atom stereocenters. The third kappa shape index (κ3) is 12.9. The van der Waals surface area contributed by atoms with Crippen LogP contribution in [0.2, 0.25) is 0 Å². The van der Waals surface area contributed by atoms with Crippen LogP contribution in [0.25, 0.3) is 0 Å². The van der Waals surface area contributed by atoms with E-state index < -0.39 is 0 Å². The lowest BCUT2D eigenvalue weighted by Gasteiger charge is -2.08. The van der Waals surface area contributed by atoms with Crippen LogP contribution in [-0.4, -0.2) is 18.1 Å². The minimum absolute atomic E-state index is 0.0759. The van der Waals surface area contributed by atoms with Gasteiger partial charge in [0.05, 0.1) is 7.11 Å². The van der Waals surface area contributed by atoms with Gasteiger partial charge in [-0.05, 0) is 56.7 Å². The van der Waals surface area contributed by atoms with Crippen molar-refractivity contribution < 1.29 is 14.6 Å². The summed E-state index contributed by atoms with van der Waals surface area (Å²) in [6.07, 6.45) is 24.0. The summed E-state index contributed by atoms with van der Waals surface area (Å²) >= 11 is 0. The number of aromatic hydroxyl groups is 1. The first-order valence-corrected chi connectivity index (χ1v) is 11.2. The number of allylic oxidation sites excluding steroid dienone is 6. The number of methoxy groups -OCH3 is 1. The van der Waals surface area contributed by atoms with E-state index in [1.807, 2.05) is 6.92 Å². The lowest BCUT2D eigenvalue weighted by atomic mass is 10.1. The molecule has 0 aliphatic rings. The first-order chi connectivity index (χ1) is 14.7. The van der Waals surface area contributed by atoms with Gasteiger partial charge in [-0.25, -0.2) is 0 Å². The summed E-state index contributed by atoms with van der Waals surface area (Å²) in [6.45, 7) is 2.50. The Kier molecular flexibility index (Phi) is 14.8. The number of phenolic OH excluding ortho intramolecular Hbond substituents is 1. The minimum Gasteiger partial charge on any atom is -0.504 e. The molecule has 166 valence electrons. The van der Waals surface area contributed by atoms with Crippen LogP contribution >= 0.6 is 0 Å². The Bertz CT molecular complexity index is 677. The van der Waals surface area contributed by atoms with Crippen molar-refractivity contribution in [3.63, 3.8) is 0 Å². The van der Waals surface area contributed by atoms with Crippen LogP contribution in [0.1, 0.15) is 76.7 Å². The molecule has 30 heavy (non-hydrogen) atoms. The summed E-state index contributed by atoms with van der Waals surface area (Å²) in [5, 5.41) is 12.5. The van der Waals surface area contributed by atoms with E-state index in [-0.39, 0.29) is 11.7 Å². The molecule has 4 heteroatoms. The van der Waals surface area contributed by atoms with Crippen molar-refractivity contribution in [2.75, 3.05) is 7.11 Å². The van der Waals surface area contributed by atoms with Crippen molar-refractivity contribution in [2.45, 2.75) is 77.7 Å². The summed E-state index contributed by atoms with van der Waals surface area (Å²) < 4.78 is 5.08. The van der Waals surface area contributed by atoms with Crippen molar-refractivity contribution in [2.24, 2.45) is 0 Å². The van der Waals surface area contributed by atoms with E-state index in [0.29, 0.717) is 18.7 Å². The van der Waals surface area contributed by atoms with E-state index in [9.17, 15) is 9.90 Å². The first kappa shape index (κ1) is 25.5. The van der Waals surface area contributed by atoms with Gasteiger partial charge >= 0.3 is 0 Å². The molecule has 0 heterocycles. The second kappa shape index (κ2) is 17.4. The van der Waals surface area contributed by atoms with Gasteiger partial charge in [0.1, 0.15) is 0 Å². The van der Waals surface area contributed by atoms with Crippen LogP contribution in [-0.2, 0) is 11.3 Å². The third-order valence-corrected chi connectivity index (χ3v) is 4.87. The fourth-order valence-electron chi connectivity index (χ4n) is 3.08. The highest BCUT2D eigenvalue weighted by Crippen LogP contribution is 2.26. The van der Waals surface area contributed by atoms with Crippen LogP contribution in [0.3, 0.4) is 0 Å². The van der Waals surface area contributed by atoms with Crippen molar-refractivity contribution >= 4 is 5.91 Å². The van der Waals surface area contributed by atoms with Gasteiger partial charge in [0.2, 0.25) is 5.91 Å². The molecule has 0 aliphatic carbocycles. The molecule has 0 saturated carbocycles. The summed E-state index contributed by atoms with van der Waals surface area (Å²) in [5.74, 6) is 0.609. The fraction of sp³-hybridized carbons (Fsp3) is 0.500. The average Bonchev–Trinajstić information content (AvgIpc) is 2.75. The quantitative estimate of drug-likeness (QED) is 0.237. The minimum atomic E-state index is 0.0759. The molecule has 2 N–H and O–H groups in total. The van der Waals surface area contributed by atoms with Gasteiger partial charge in [-0.3, -0.25) is 4.79 Å². The van der Waals surface area contributed by atoms with E-state index in [0.717, 1.165) is 37.7 Å². The van der Waals surface area contributed by atoms with E-state index in [2.05, 4.69) is 41.8 Å². The molecule has 1 rings (SSSR count). The van der Waals surface area contributed by atoms with E-state index >= 15 is 0 Å². The molecule has 0 fully saturated rings. The second-order valence-corrected chi connectivity index (χ2v) is 7.43. The largest absolute Gasteiger partial charge is 0.504 e. The Balaban J connectivity index is 1.96. The summed E-state index contributed by atoms with van der Waals surface area (Å²) in [7, 11) is 1.51. The SMILES string of the molecule is C/C=C\C/C=C\C/C=C\CCCCCCCCC(=O)NCc1ccc(O)c(OC)c1. The number of carbonyl (C=O) groups is 1. The Hall–Kier alpha value is -2.49. The number of hydrogen-bond donors (Lipinski definition) is 2. The van der Waals surface area contributed by atoms with Gasteiger partial charge in [0.25, 0.3) is 0 Å². The standard InChI is InChI=1S/C26H39NO3/c1-3-4-5-6-7-8-9-10-11-12-13-14-15-16-17-18-26(29)27-22-23-19-20-24(28)25(21-23)30-2/h3-4,6-7,9-10,19-21,28H,5,8,11-18,22H2,1-2H3,(H,27,29)/b4-3-,7-6-,10-9-. The van der Waals surface area contributed by atoms with Gasteiger partial charge in [0, 0.05) is 13.0 Å². The number of unbranched alkanes of at least 4 members (excludes halogenated alkanes) is 6. The van der Waals surface area contributed by atoms with Crippen LogP contribution < -0.4 is 10.1 Å². The van der Waals surface area contributed by atoms with Crippen molar-refractivity contribution in [1.82, 2.24) is 5.32 Å².